The minimum Gasteiger partial charge on any atom is -0.469 e. The van der Waals surface area contributed by atoms with Crippen LogP contribution in [-0.2, 0) is 4.79 Å². The lowest BCUT2D eigenvalue weighted by Gasteiger charge is -2.36. The molecule has 0 radical (unpaired) electrons. The highest BCUT2D eigenvalue weighted by molar-refractivity contribution is 6.30. The Morgan fingerprint density at radius 3 is 2.51 bits per heavy atom. The maximum atomic E-state index is 14.1. The molecule has 1 saturated carbocycles. The normalized spacial score (nSPS) is 22.1. The van der Waals surface area contributed by atoms with Gasteiger partial charge in [0.2, 0.25) is 0 Å². The molecule has 7 heteroatoms. The topological polar surface area (TPSA) is 74.6 Å². The predicted octanol–water partition coefficient (Wildman–Crippen LogP) is 7.35. The molecule has 6 rings (SSSR count). The van der Waals surface area contributed by atoms with E-state index in [1.54, 1.807) is 11.2 Å². The molecule has 2 heterocycles. The van der Waals surface area contributed by atoms with Crippen LogP contribution in [0, 0.1) is 0 Å². The number of anilines is 2. The van der Waals surface area contributed by atoms with E-state index in [1.807, 2.05) is 60.7 Å². The SMILES string of the molecule is O=C1C[C@@H](c2ccco2)CC2=C1[C@H](c1ccc(Cl)cc1)N(C(=O)NC1CCCCC1)c1ccccc1N2. The van der Waals surface area contributed by atoms with Gasteiger partial charge in [0.25, 0.3) is 0 Å². The van der Waals surface area contributed by atoms with Crippen LogP contribution < -0.4 is 15.5 Å². The van der Waals surface area contributed by atoms with E-state index in [9.17, 15) is 9.59 Å². The number of fused-ring (bicyclic) bond motifs is 1. The van der Waals surface area contributed by atoms with Crippen molar-refractivity contribution in [3.8, 4) is 0 Å². The van der Waals surface area contributed by atoms with Crippen molar-refractivity contribution in [2.24, 2.45) is 0 Å². The highest BCUT2D eigenvalue weighted by Gasteiger charge is 2.42. The number of urea groups is 1. The van der Waals surface area contributed by atoms with Gasteiger partial charge < -0.3 is 15.1 Å². The molecular formula is C30H30ClN3O3. The molecule has 37 heavy (non-hydrogen) atoms. The summed E-state index contributed by atoms with van der Waals surface area (Å²) in [5, 5.41) is 7.45. The molecule has 2 N–H and O–H groups in total. The van der Waals surface area contributed by atoms with Crippen molar-refractivity contribution in [3.63, 3.8) is 0 Å². The largest absolute Gasteiger partial charge is 0.469 e. The zero-order valence-corrected chi connectivity index (χ0v) is 21.3. The summed E-state index contributed by atoms with van der Waals surface area (Å²) in [4.78, 5) is 29.8. The summed E-state index contributed by atoms with van der Waals surface area (Å²) in [6.07, 6.45) is 7.98. The first kappa shape index (κ1) is 23.9. The average molecular weight is 516 g/mol. The first-order chi connectivity index (χ1) is 18.1. The van der Waals surface area contributed by atoms with Crippen molar-refractivity contribution in [2.45, 2.75) is 62.9 Å². The van der Waals surface area contributed by atoms with Crippen molar-refractivity contribution in [2.75, 3.05) is 10.2 Å². The Morgan fingerprint density at radius 1 is 0.973 bits per heavy atom. The molecule has 6 nitrogen and oxygen atoms in total. The monoisotopic (exact) mass is 515 g/mol. The van der Waals surface area contributed by atoms with Crippen LogP contribution in [0.2, 0.25) is 5.02 Å². The van der Waals surface area contributed by atoms with E-state index in [4.69, 9.17) is 16.0 Å². The number of Topliss-reactive ketones (excluding diaryl/α,β-unsaturated/α-hetero) is 1. The fourth-order valence-electron chi connectivity index (χ4n) is 5.99. The third kappa shape index (κ3) is 4.66. The van der Waals surface area contributed by atoms with Gasteiger partial charge in [-0.1, -0.05) is 55.1 Å². The highest BCUT2D eigenvalue weighted by atomic mass is 35.5. The van der Waals surface area contributed by atoms with Gasteiger partial charge in [-0.25, -0.2) is 4.79 Å². The van der Waals surface area contributed by atoms with Crippen LogP contribution in [0.15, 0.2) is 82.6 Å². The highest BCUT2D eigenvalue weighted by Crippen LogP contribution is 2.47. The molecule has 2 amide bonds. The van der Waals surface area contributed by atoms with Gasteiger partial charge in [-0.05, 0) is 61.2 Å². The number of carbonyl (C=O) groups is 2. The summed E-state index contributed by atoms with van der Waals surface area (Å²) in [5.74, 6) is 0.752. The smallest absolute Gasteiger partial charge is 0.323 e. The third-order valence-electron chi connectivity index (χ3n) is 7.77. The number of para-hydroxylation sites is 2. The van der Waals surface area contributed by atoms with Crippen LogP contribution in [-0.4, -0.2) is 17.9 Å². The number of ketones is 1. The molecule has 2 aromatic carbocycles. The molecular weight excluding hydrogens is 486 g/mol. The third-order valence-corrected chi connectivity index (χ3v) is 8.02. The van der Waals surface area contributed by atoms with Crippen LogP contribution in [0.1, 0.15) is 68.2 Å². The number of hydrogen-bond donors (Lipinski definition) is 2. The van der Waals surface area contributed by atoms with Crippen LogP contribution in [0.4, 0.5) is 16.2 Å². The van der Waals surface area contributed by atoms with Gasteiger partial charge in [0, 0.05) is 34.7 Å². The minimum atomic E-state index is -0.586. The van der Waals surface area contributed by atoms with Crippen LogP contribution in [0.25, 0.3) is 0 Å². The van der Waals surface area contributed by atoms with Gasteiger partial charge in [0.05, 0.1) is 23.7 Å². The number of rotatable bonds is 3. The lowest BCUT2D eigenvalue weighted by molar-refractivity contribution is -0.116. The maximum absolute atomic E-state index is 14.1. The molecule has 190 valence electrons. The summed E-state index contributed by atoms with van der Waals surface area (Å²) in [6.45, 7) is 0. The summed E-state index contributed by atoms with van der Waals surface area (Å²) < 4.78 is 5.68. The van der Waals surface area contributed by atoms with Gasteiger partial charge in [0.15, 0.2) is 5.78 Å². The Hall–Kier alpha value is -3.51. The van der Waals surface area contributed by atoms with E-state index >= 15 is 0 Å². The Bertz CT molecular complexity index is 1330. The second-order valence-corrected chi connectivity index (χ2v) is 10.6. The van der Waals surface area contributed by atoms with E-state index < -0.39 is 6.04 Å². The number of amides is 2. The zero-order valence-electron chi connectivity index (χ0n) is 20.6. The number of nitrogens with one attached hydrogen (secondary N) is 2. The van der Waals surface area contributed by atoms with Crippen LogP contribution in [0.3, 0.4) is 0 Å². The van der Waals surface area contributed by atoms with Crippen molar-refractivity contribution < 1.29 is 14.0 Å². The maximum Gasteiger partial charge on any atom is 0.323 e. The van der Waals surface area contributed by atoms with Crippen molar-refractivity contribution in [1.82, 2.24) is 5.32 Å². The minimum absolute atomic E-state index is 0.0124. The Morgan fingerprint density at radius 2 is 1.76 bits per heavy atom. The first-order valence-electron chi connectivity index (χ1n) is 13.1. The van der Waals surface area contributed by atoms with Gasteiger partial charge >= 0.3 is 6.03 Å². The van der Waals surface area contributed by atoms with E-state index in [0.29, 0.717) is 23.4 Å². The predicted molar refractivity (Wildman–Crippen MR) is 145 cm³/mol. The lowest BCUT2D eigenvalue weighted by Crippen LogP contribution is -2.48. The van der Waals surface area contributed by atoms with Crippen molar-refractivity contribution >= 4 is 34.8 Å². The van der Waals surface area contributed by atoms with Crippen LogP contribution >= 0.6 is 11.6 Å². The van der Waals surface area contributed by atoms with Gasteiger partial charge in [0.1, 0.15) is 5.76 Å². The van der Waals surface area contributed by atoms with Gasteiger partial charge in [-0.2, -0.15) is 0 Å². The second kappa shape index (κ2) is 10.1. The average Bonchev–Trinajstić information content (AvgIpc) is 3.40. The molecule has 1 fully saturated rings. The van der Waals surface area contributed by atoms with Gasteiger partial charge in [-0.15, -0.1) is 0 Å². The molecule has 1 aromatic heterocycles. The van der Waals surface area contributed by atoms with E-state index in [2.05, 4.69) is 10.6 Å². The number of nitrogens with zero attached hydrogens (tertiary/aromatic N) is 1. The molecule has 0 unspecified atom stereocenters. The molecule has 2 atom stereocenters. The molecule has 3 aromatic rings. The first-order valence-corrected chi connectivity index (χ1v) is 13.5. The summed E-state index contributed by atoms with van der Waals surface area (Å²) in [7, 11) is 0. The quantitative estimate of drug-likeness (QED) is 0.382. The summed E-state index contributed by atoms with van der Waals surface area (Å²) in [6, 6.07) is 18.4. The molecule has 2 aliphatic carbocycles. The number of halogens is 1. The van der Waals surface area contributed by atoms with E-state index in [-0.39, 0.29) is 23.8 Å². The Labute approximate surface area is 221 Å². The fourth-order valence-corrected chi connectivity index (χ4v) is 6.12. The number of carbonyl (C=O) groups excluding carboxylic acids is 2. The van der Waals surface area contributed by atoms with Gasteiger partial charge in [-0.3, -0.25) is 9.69 Å². The zero-order chi connectivity index (χ0) is 25.4. The molecule has 0 saturated heterocycles. The van der Waals surface area contributed by atoms with Crippen molar-refractivity contribution in [3.05, 3.63) is 94.5 Å². The van der Waals surface area contributed by atoms with Crippen LogP contribution in [0.5, 0.6) is 0 Å². The van der Waals surface area contributed by atoms with E-state index in [1.165, 1.54) is 6.42 Å². The second-order valence-electron chi connectivity index (χ2n) is 10.2. The molecule has 0 spiro atoms. The number of allylic oxidation sites excluding steroid dienone is 1. The summed E-state index contributed by atoms with van der Waals surface area (Å²) in [5.41, 5.74) is 3.85. The lowest BCUT2D eigenvalue weighted by atomic mass is 9.80. The summed E-state index contributed by atoms with van der Waals surface area (Å²) >= 11 is 6.24. The Balaban J connectivity index is 1.49. The van der Waals surface area contributed by atoms with E-state index in [0.717, 1.165) is 54.1 Å². The number of furan rings is 1. The molecule has 3 aliphatic rings. The van der Waals surface area contributed by atoms with Crippen molar-refractivity contribution in [1.29, 1.82) is 0 Å². The number of hydrogen-bond acceptors (Lipinski definition) is 4. The fraction of sp³-hybridized carbons (Fsp3) is 0.333. The Kier molecular flexibility index (Phi) is 6.51. The standard InChI is InChI=1S/C30H30ClN3O3/c31-21-14-12-19(13-15-21)29-28-24(17-20(18-26(28)35)27-11-6-16-37-27)33-23-9-4-5-10-25(23)34(29)30(36)32-22-7-2-1-3-8-22/h4-6,9-16,20,22,29,33H,1-3,7-8,17-18H2,(H,32,36)/t20-,29-/m0/s1. The molecule has 0 bridgehead atoms. The molecule has 1 aliphatic heterocycles. The number of benzene rings is 2.